The first-order valence-corrected chi connectivity index (χ1v) is 40.2. The van der Waals surface area contributed by atoms with Crippen LogP contribution in [-0.2, 0) is 81.4 Å². The van der Waals surface area contributed by atoms with E-state index < -0.39 is 326 Å². The smallest absolute Gasteiger partial charge is 0.348 e. The Morgan fingerprint density at radius 1 is 0.354 bits per heavy atom. The number of likely N-dealkylation sites (N-methyl/N-ethyl adjacent to an activating group) is 1. The number of aliphatic hydroxyl groups excluding tert-OH is 3. The number of cyclic esters (lactones) is 4. The molecule has 6 aromatic carbocycles. The van der Waals surface area contributed by atoms with Gasteiger partial charge >= 0.3 is 23.9 Å². The molecule has 18 atom stereocenters. The first-order chi connectivity index (χ1) is 61.1. The van der Waals surface area contributed by atoms with Crippen LogP contribution in [-0.4, -0.2) is 205 Å². The third kappa shape index (κ3) is 22.0. The second-order valence-electron chi connectivity index (χ2n) is 32.0. The summed E-state index contributed by atoms with van der Waals surface area (Å²) in [6.45, 7) is 7.13. The predicted molar refractivity (Wildman–Crippen MR) is 412 cm³/mol. The van der Waals surface area contributed by atoms with E-state index in [4.69, 9.17) is 18.9 Å². The van der Waals surface area contributed by atoms with Gasteiger partial charge in [-0.05, 0) is 114 Å². The lowest BCUT2D eigenvalue weighted by Gasteiger charge is -2.36. The summed E-state index contributed by atoms with van der Waals surface area (Å²) in [5, 5.41) is 79.5. The Kier molecular flexibility index (Phi) is 31.6. The number of esters is 4. The van der Waals surface area contributed by atoms with Gasteiger partial charge in [-0.25, -0.2) is 80.2 Å². The van der Waals surface area contributed by atoms with Crippen molar-refractivity contribution in [3.63, 3.8) is 0 Å². The van der Waals surface area contributed by atoms with Gasteiger partial charge in [-0.2, -0.15) is 0 Å². The largest absolute Gasteiger partial charge is 0.507 e. The fraction of sp³-hybridized carbons (Fsp3) is 0.435. The molecule has 702 valence electrons. The zero-order valence-electron chi connectivity index (χ0n) is 69.2. The molecule has 3 aliphatic carbocycles. The van der Waals surface area contributed by atoms with Crippen molar-refractivity contribution < 1.29 is 173 Å². The second kappa shape index (κ2) is 41.3. The maximum absolute atomic E-state index is 14.7. The fourth-order valence-electron chi connectivity index (χ4n) is 14.6. The van der Waals surface area contributed by atoms with E-state index in [0.717, 1.165) is 11.8 Å². The Bertz CT molecular complexity index is 5120. The number of carbonyl (C=O) groups is 12. The van der Waals surface area contributed by atoms with Crippen LogP contribution in [0.2, 0.25) is 0 Å². The second-order valence-corrected chi connectivity index (χ2v) is 32.0. The van der Waals surface area contributed by atoms with Crippen LogP contribution in [0.15, 0.2) is 72.8 Å². The van der Waals surface area contributed by atoms with Gasteiger partial charge in [-0.1, -0.05) is 50.2 Å². The lowest BCUT2D eigenvalue weighted by Crippen LogP contribution is -2.61. The molecule has 0 bridgehead atoms. The van der Waals surface area contributed by atoms with E-state index >= 15 is 0 Å². The van der Waals surface area contributed by atoms with Crippen LogP contribution in [0.25, 0.3) is 0 Å². The summed E-state index contributed by atoms with van der Waals surface area (Å²) in [7, 11) is 1.28. The maximum atomic E-state index is 14.7. The van der Waals surface area contributed by atoms with Gasteiger partial charge < -0.3 is 91.7 Å². The van der Waals surface area contributed by atoms with Gasteiger partial charge in [0.1, 0.15) is 65.8 Å². The highest BCUT2D eigenvalue weighted by Gasteiger charge is 2.51. The highest BCUT2D eigenvalue weighted by atomic mass is 19.2. The van der Waals surface area contributed by atoms with Crippen LogP contribution in [0.4, 0.5) is 65.9 Å². The Hall–Kier alpha value is -12.8. The van der Waals surface area contributed by atoms with Crippen molar-refractivity contribution in [1.29, 1.82) is 0 Å². The third-order valence-corrected chi connectivity index (χ3v) is 22.8. The van der Waals surface area contributed by atoms with Crippen molar-refractivity contribution >= 4 is 71.1 Å². The van der Waals surface area contributed by atoms with Crippen molar-refractivity contribution in [1.82, 2.24) is 42.1 Å². The molecule has 3 saturated heterocycles. The van der Waals surface area contributed by atoms with Crippen LogP contribution in [0, 0.1) is 123 Å². The third-order valence-electron chi connectivity index (χ3n) is 22.8. The summed E-state index contributed by atoms with van der Waals surface area (Å²) in [5.74, 6) is -53.4. The van der Waals surface area contributed by atoms with Crippen LogP contribution in [0.3, 0.4) is 0 Å². The highest BCUT2D eigenvalue weighted by molar-refractivity contribution is 6.02. The van der Waals surface area contributed by atoms with E-state index in [0.29, 0.717) is 38.5 Å². The number of rotatable bonds is 15. The molecular formula is C85H85F15N8O22. The molecule has 6 fully saturated rings. The van der Waals surface area contributed by atoms with Crippen LogP contribution in [0.1, 0.15) is 128 Å². The Morgan fingerprint density at radius 2 is 0.638 bits per heavy atom. The normalized spacial score (nSPS) is 26.8. The minimum atomic E-state index is -2.42. The Balaban J connectivity index is 0.000000203. The number of nitrogens with one attached hydrogen (secondary N) is 7. The molecule has 3 aliphatic heterocycles. The zero-order chi connectivity index (χ0) is 96.1. The van der Waals surface area contributed by atoms with Crippen molar-refractivity contribution in [3.05, 3.63) is 193 Å². The average molecular weight is 1860 g/mol. The monoisotopic (exact) mass is 1850 g/mol. The highest BCUT2D eigenvalue weighted by Crippen LogP contribution is 2.40. The number of amides is 8. The van der Waals surface area contributed by atoms with Crippen molar-refractivity contribution in [2.24, 2.45) is 35.5 Å². The molecule has 8 amide bonds. The number of carbonyl (C=O) groups excluding carboxylic acids is 12. The van der Waals surface area contributed by atoms with Crippen molar-refractivity contribution in [2.75, 3.05) is 7.05 Å². The van der Waals surface area contributed by atoms with Gasteiger partial charge in [-0.15, -0.1) is 0 Å². The number of benzene rings is 6. The minimum absolute atomic E-state index is 0.266. The van der Waals surface area contributed by atoms with E-state index in [1.54, 1.807) is 0 Å². The molecular weight excluding hydrogens is 1770 g/mol. The minimum Gasteiger partial charge on any atom is -0.507 e. The summed E-state index contributed by atoms with van der Waals surface area (Å²) >= 11 is 0. The van der Waals surface area contributed by atoms with Gasteiger partial charge in [0.2, 0.25) is 53.1 Å². The molecule has 30 nitrogen and oxygen atoms in total. The van der Waals surface area contributed by atoms with Gasteiger partial charge in [0.15, 0.2) is 69.8 Å². The maximum Gasteiger partial charge on any atom is 0.348 e. The van der Waals surface area contributed by atoms with Crippen molar-refractivity contribution in [3.8, 4) is 17.2 Å². The number of aromatic hydroxyl groups is 3. The number of hydrogen-bond acceptors (Lipinski definition) is 22. The van der Waals surface area contributed by atoms with Crippen LogP contribution in [0.5, 0.6) is 17.2 Å². The molecule has 13 N–H and O–H groups in total. The summed E-state index contributed by atoms with van der Waals surface area (Å²) in [4.78, 5) is 159. The van der Waals surface area contributed by atoms with E-state index in [1.807, 2.05) is 0 Å². The quantitative estimate of drug-likeness (QED) is 0.0184. The molecule has 0 radical (unpaired) electrons. The van der Waals surface area contributed by atoms with E-state index in [1.165, 1.54) is 114 Å². The standard InChI is InChI=1S/C29H30F5N3O7.C28H28F5N3O7.C28H27F5N2O8/c1-11-25(39)16(10-15-18(30)20(32)22(34)21(33)19(15)31)35-27(41)23(36-26(40)14-6-4-5-7-17(14)38)12(2)44-29(43)24(13-8-9-13)37(3)28(11)42;1-10-24(38)15(9-14-17(29)19(31)21(33)20(32)18(14)30)34-27(41)22(35-26(40)13-5-3-4-6-16(13)37)11(2)43-28(42)23(12-7-8-12)36-25(10)39;1-10-23(37)15(9-14-17(29)19(31)21(33)20(32)18(14)30)34-26(39)22(35-25(38)13-5-3-4-6-16(13)36)11(2)42-28(41)24(12-7-8-12)43-27(10)40/h4-7,11-13,16,23-25,38-39H,8-10H2,1-3H3,(H,35,41)(H,36,40);3-6,10-12,15,22-24,37-38H,7-9H2,1-2H3,(H,34,41)(H,35,40)(H,36,39);3-6,10-12,15,22-24,36-37H,7-9H2,1-2H3,(H,34,39)(H,35,38)/t11-,12-,16+,23+,24?,25+;10-,11-,15+,22+,23?,24+;10-,11-,15+,22+,23+,24?/m111/s1. The predicted octanol–water partition coefficient (Wildman–Crippen LogP) is 6.02. The summed E-state index contributed by atoms with van der Waals surface area (Å²) in [5.41, 5.74) is -4.94. The molecule has 45 heteroatoms. The first-order valence-electron chi connectivity index (χ1n) is 40.2. The number of aliphatic hydroxyl groups is 3. The van der Waals surface area contributed by atoms with Gasteiger partial charge in [-0.3, -0.25) is 43.2 Å². The number of ether oxygens (including phenoxy) is 4. The van der Waals surface area contributed by atoms with Crippen LogP contribution >= 0.6 is 0 Å². The first kappa shape index (κ1) is 99.4. The molecule has 6 aliphatic rings. The molecule has 0 aromatic heterocycles. The molecule has 3 unspecified atom stereocenters. The molecule has 6 aromatic rings. The number of nitrogens with zero attached hydrogens (tertiary/aromatic N) is 1. The Morgan fingerprint density at radius 3 is 0.954 bits per heavy atom. The van der Waals surface area contributed by atoms with Crippen molar-refractivity contribution in [2.45, 2.75) is 190 Å². The zero-order valence-corrected chi connectivity index (χ0v) is 69.2. The molecule has 3 heterocycles. The van der Waals surface area contributed by atoms with Crippen LogP contribution < -0.4 is 37.2 Å². The van der Waals surface area contributed by atoms with E-state index in [9.17, 15) is 154 Å². The number of phenols is 3. The molecule has 3 saturated carbocycles. The van der Waals surface area contributed by atoms with Gasteiger partial charge in [0, 0.05) is 48.9 Å². The summed E-state index contributed by atoms with van der Waals surface area (Å²) < 4.78 is 234. The SMILES string of the molecule is C[C@H]1OC(=O)C(C2CC2)N(C)C(=O)[C@H](C)[C@H](O)[C@H](Cc2c(F)c(F)c(F)c(F)c2F)NC(=O)[C@H]1NC(=O)c1ccccc1O.C[C@H]1OC(=O)C(C2CC2)NC(=O)[C@H](C)[C@H](O)[C@H](Cc2c(F)c(F)c(F)c(F)c2F)NC(=O)[C@H]1NC(=O)c1ccccc1O.C[C@H]1OC(=O)C(C2CC2)OC(=O)[C@H](C)[C@H](O)[C@H](Cc2c(F)c(F)c(F)c(F)c2F)NC(=O)[C@H]1NC(=O)c1ccccc1O. The number of hydrogen-bond donors (Lipinski definition) is 13. The van der Waals surface area contributed by atoms with E-state index in [-0.39, 0.29) is 28.5 Å². The number of para-hydroxylation sites is 3. The molecule has 12 rings (SSSR count). The number of halogens is 15. The summed E-state index contributed by atoms with van der Waals surface area (Å²) in [6, 6.07) is 2.54. The number of phenolic OH excluding ortho intramolecular Hbond substituents is 3. The van der Waals surface area contributed by atoms with E-state index in [2.05, 4.69) is 37.2 Å². The van der Waals surface area contributed by atoms with Gasteiger partial charge in [0.05, 0.1) is 70.9 Å². The fourth-order valence-corrected chi connectivity index (χ4v) is 14.6. The summed E-state index contributed by atoms with van der Waals surface area (Å²) in [6.07, 6.45) is -12.2. The van der Waals surface area contributed by atoms with Gasteiger partial charge in [0.25, 0.3) is 17.7 Å². The molecule has 0 spiro atoms. The molecule has 130 heavy (non-hydrogen) atoms. The topological polar surface area (TPSA) is 451 Å². The lowest BCUT2D eigenvalue weighted by atomic mass is 9.90. The average Bonchev–Trinajstić information content (AvgIpc) is 1.65. The lowest BCUT2D eigenvalue weighted by molar-refractivity contribution is -0.178. The Labute approximate surface area is 727 Å².